The van der Waals surface area contributed by atoms with Crippen molar-refractivity contribution in [3.8, 4) is 5.75 Å². The zero-order valence-corrected chi connectivity index (χ0v) is 19.7. The summed E-state index contributed by atoms with van der Waals surface area (Å²) in [5, 5.41) is 15.4. The van der Waals surface area contributed by atoms with Gasteiger partial charge >= 0.3 is 0 Å². The average molecular weight is 494 g/mol. The van der Waals surface area contributed by atoms with Gasteiger partial charge in [-0.3, -0.25) is 9.59 Å². The van der Waals surface area contributed by atoms with E-state index in [1.807, 2.05) is 7.05 Å². The molecule has 0 aliphatic heterocycles. The first kappa shape index (κ1) is 23.9. The first-order valence-corrected chi connectivity index (χ1v) is 11.3. The SMILES string of the molecule is COc1ccc(C(=O)NCCc2nnc(SCC(=O)Nc3cc(Cl)cc(Cl)c3)n2C)cc1. The molecule has 0 unspecified atom stereocenters. The second kappa shape index (κ2) is 11.2. The Morgan fingerprint density at radius 2 is 1.78 bits per heavy atom. The molecule has 32 heavy (non-hydrogen) atoms. The summed E-state index contributed by atoms with van der Waals surface area (Å²) < 4.78 is 6.89. The van der Waals surface area contributed by atoms with E-state index < -0.39 is 0 Å². The molecular weight excluding hydrogens is 473 g/mol. The number of anilines is 1. The van der Waals surface area contributed by atoms with Crippen LogP contribution in [0.15, 0.2) is 47.6 Å². The van der Waals surface area contributed by atoms with Gasteiger partial charge in [0.2, 0.25) is 5.91 Å². The van der Waals surface area contributed by atoms with Crippen molar-refractivity contribution in [1.29, 1.82) is 0 Å². The van der Waals surface area contributed by atoms with Crippen molar-refractivity contribution in [2.45, 2.75) is 11.6 Å². The number of amides is 2. The Kier molecular flexibility index (Phi) is 8.38. The van der Waals surface area contributed by atoms with E-state index >= 15 is 0 Å². The van der Waals surface area contributed by atoms with Gasteiger partial charge in [0.05, 0.1) is 12.9 Å². The second-order valence-electron chi connectivity index (χ2n) is 6.69. The Labute approximate surface area is 199 Å². The smallest absolute Gasteiger partial charge is 0.251 e. The van der Waals surface area contributed by atoms with Crippen molar-refractivity contribution in [2.75, 3.05) is 24.7 Å². The lowest BCUT2D eigenvalue weighted by Crippen LogP contribution is -2.26. The molecule has 11 heteroatoms. The third-order valence-corrected chi connectivity index (χ3v) is 5.85. The van der Waals surface area contributed by atoms with Crippen LogP contribution in [0.3, 0.4) is 0 Å². The Balaban J connectivity index is 1.47. The van der Waals surface area contributed by atoms with Gasteiger partial charge in [-0.05, 0) is 42.5 Å². The van der Waals surface area contributed by atoms with Crippen LogP contribution in [0.25, 0.3) is 0 Å². The molecule has 0 aliphatic rings. The highest BCUT2D eigenvalue weighted by Gasteiger charge is 2.13. The zero-order chi connectivity index (χ0) is 23.1. The first-order chi connectivity index (χ1) is 15.4. The van der Waals surface area contributed by atoms with Crippen LogP contribution in [0, 0.1) is 0 Å². The molecule has 1 heterocycles. The highest BCUT2D eigenvalue weighted by atomic mass is 35.5. The normalized spacial score (nSPS) is 10.6. The number of nitrogens with zero attached hydrogens (tertiary/aromatic N) is 3. The number of halogens is 2. The zero-order valence-electron chi connectivity index (χ0n) is 17.4. The van der Waals surface area contributed by atoms with Crippen molar-refractivity contribution in [3.05, 3.63) is 63.9 Å². The molecule has 0 saturated carbocycles. The third-order valence-electron chi connectivity index (χ3n) is 4.39. The van der Waals surface area contributed by atoms with Gasteiger partial charge in [0, 0.05) is 41.3 Å². The van der Waals surface area contributed by atoms with Crippen molar-refractivity contribution in [2.24, 2.45) is 7.05 Å². The highest BCUT2D eigenvalue weighted by Crippen LogP contribution is 2.23. The summed E-state index contributed by atoms with van der Waals surface area (Å²) in [7, 11) is 3.39. The number of hydrogen-bond acceptors (Lipinski definition) is 6. The molecule has 2 amide bonds. The number of carbonyl (C=O) groups is 2. The number of carbonyl (C=O) groups excluding carboxylic acids is 2. The molecule has 0 radical (unpaired) electrons. The van der Waals surface area contributed by atoms with E-state index in [0.717, 1.165) is 0 Å². The third kappa shape index (κ3) is 6.62. The fraction of sp³-hybridized carbons (Fsp3) is 0.238. The lowest BCUT2D eigenvalue weighted by molar-refractivity contribution is -0.113. The Morgan fingerprint density at radius 1 is 1.09 bits per heavy atom. The van der Waals surface area contributed by atoms with Gasteiger partial charge in [0.15, 0.2) is 5.16 Å². The van der Waals surface area contributed by atoms with E-state index in [1.54, 1.807) is 54.1 Å². The monoisotopic (exact) mass is 493 g/mol. The maximum absolute atomic E-state index is 12.2. The summed E-state index contributed by atoms with van der Waals surface area (Å²) in [6.07, 6.45) is 0.499. The van der Waals surface area contributed by atoms with Gasteiger partial charge in [0.1, 0.15) is 11.6 Å². The van der Waals surface area contributed by atoms with E-state index in [2.05, 4.69) is 20.8 Å². The Morgan fingerprint density at radius 3 is 2.44 bits per heavy atom. The van der Waals surface area contributed by atoms with Crippen LogP contribution < -0.4 is 15.4 Å². The van der Waals surface area contributed by atoms with Crippen molar-refractivity contribution >= 4 is 52.5 Å². The van der Waals surface area contributed by atoms with Gasteiger partial charge in [-0.25, -0.2) is 0 Å². The molecule has 0 spiro atoms. The minimum atomic E-state index is -0.218. The van der Waals surface area contributed by atoms with E-state index in [-0.39, 0.29) is 17.6 Å². The predicted octanol–water partition coefficient (Wildman–Crippen LogP) is 3.83. The predicted molar refractivity (Wildman–Crippen MR) is 126 cm³/mol. The van der Waals surface area contributed by atoms with E-state index in [1.165, 1.54) is 11.8 Å². The van der Waals surface area contributed by atoms with Crippen LogP contribution >= 0.6 is 35.0 Å². The largest absolute Gasteiger partial charge is 0.497 e. The second-order valence-corrected chi connectivity index (χ2v) is 8.50. The average Bonchev–Trinajstić information content (AvgIpc) is 3.11. The number of hydrogen-bond donors (Lipinski definition) is 2. The van der Waals surface area contributed by atoms with Crippen LogP contribution in [-0.4, -0.2) is 46.0 Å². The Hall–Kier alpha value is -2.75. The molecule has 0 atom stereocenters. The van der Waals surface area contributed by atoms with Gasteiger partial charge in [-0.15, -0.1) is 10.2 Å². The van der Waals surface area contributed by atoms with Crippen LogP contribution in [0.4, 0.5) is 5.69 Å². The molecule has 0 bridgehead atoms. The molecule has 1 aromatic heterocycles. The molecule has 3 rings (SSSR count). The number of aromatic nitrogens is 3. The minimum Gasteiger partial charge on any atom is -0.497 e. The molecule has 3 aromatic rings. The number of thioether (sulfide) groups is 1. The number of nitrogens with one attached hydrogen (secondary N) is 2. The molecular formula is C21H21Cl2N5O3S. The van der Waals surface area contributed by atoms with Gasteiger partial charge in [-0.2, -0.15) is 0 Å². The number of rotatable bonds is 9. The van der Waals surface area contributed by atoms with Crippen LogP contribution in [0.1, 0.15) is 16.2 Å². The summed E-state index contributed by atoms with van der Waals surface area (Å²) >= 11 is 13.1. The van der Waals surface area contributed by atoms with Gasteiger partial charge < -0.3 is 19.9 Å². The van der Waals surface area contributed by atoms with Crippen LogP contribution in [0.5, 0.6) is 5.75 Å². The molecule has 0 fully saturated rings. The topological polar surface area (TPSA) is 98.1 Å². The van der Waals surface area contributed by atoms with Crippen molar-refractivity contribution in [1.82, 2.24) is 20.1 Å². The maximum Gasteiger partial charge on any atom is 0.251 e. The maximum atomic E-state index is 12.2. The standard InChI is InChI=1S/C21H21Cl2N5O3S/c1-28-18(7-8-24-20(30)13-3-5-17(31-2)6-4-13)26-27-21(28)32-12-19(29)25-16-10-14(22)9-15(23)11-16/h3-6,9-11H,7-8,12H2,1-2H3,(H,24,30)(H,25,29). The lowest BCUT2D eigenvalue weighted by Gasteiger charge is -2.07. The Bertz CT molecular complexity index is 1090. The molecule has 2 N–H and O–H groups in total. The van der Waals surface area contributed by atoms with E-state index in [0.29, 0.717) is 51.0 Å². The number of ether oxygens (including phenoxy) is 1. The first-order valence-electron chi connectivity index (χ1n) is 9.55. The number of methoxy groups -OCH3 is 1. The molecule has 168 valence electrons. The highest BCUT2D eigenvalue weighted by molar-refractivity contribution is 7.99. The molecule has 8 nitrogen and oxygen atoms in total. The van der Waals surface area contributed by atoms with E-state index in [4.69, 9.17) is 27.9 Å². The van der Waals surface area contributed by atoms with Crippen molar-refractivity contribution < 1.29 is 14.3 Å². The summed E-state index contributed by atoms with van der Waals surface area (Å²) in [6.45, 7) is 0.400. The van der Waals surface area contributed by atoms with Gasteiger partial charge in [-0.1, -0.05) is 35.0 Å². The fourth-order valence-electron chi connectivity index (χ4n) is 2.77. The molecule has 0 saturated heterocycles. The van der Waals surface area contributed by atoms with Crippen LogP contribution in [0.2, 0.25) is 10.0 Å². The summed E-state index contributed by atoms with van der Waals surface area (Å²) in [4.78, 5) is 24.5. The van der Waals surface area contributed by atoms with Crippen LogP contribution in [-0.2, 0) is 18.3 Å². The van der Waals surface area contributed by atoms with Gasteiger partial charge in [0.25, 0.3) is 5.91 Å². The fourth-order valence-corrected chi connectivity index (χ4v) is 4.03. The minimum absolute atomic E-state index is 0.143. The molecule has 2 aromatic carbocycles. The molecule has 0 aliphatic carbocycles. The van der Waals surface area contributed by atoms with Crippen molar-refractivity contribution in [3.63, 3.8) is 0 Å². The number of benzene rings is 2. The van der Waals surface area contributed by atoms with E-state index in [9.17, 15) is 9.59 Å². The summed E-state index contributed by atoms with van der Waals surface area (Å²) in [5.74, 6) is 1.14. The lowest BCUT2D eigenvalue weighted by atomic mass is 10.2. The summed E-state index contributed by atoms with van der Waals surface area (Å²) in [6, 6.07) is 11.7. The summed E-state index contributed by atoms with van der Waals surface area (Å²) in [5.41, 5.74) is 1.08. The quantitative estimate of drug-likeness (QED) is 0.439.